The first-order valence-corrected chi connectivity index (χ1v) is 10.2. The van der Waals surface area contributed by atoms with E-state index < -0.39 is 0 Å². The molecule has 2 aliphatic rings. The number of nitrogens with zero attached hydrogens (tertiary/aromatic N) is 3. The Morgan fingerprint density at radius 3 is 2.60 bits per heavy atom. The van der Waals surface area contributed by atoms with Gasteiger partial charge in [0.15, 0.2) is 0 Å². The minimum atomic E-state index is 0.161. The number of piperidine rings is 1. The minimum Gasteiger partial charge on any atom is -0.335 e. The topological polar surface area (TPSA) is 50.2 Å². The highest BCUT2D eigenvalue weighted by molar-refractivity contribution is 5.74. The third-order valence-corrected chi connectivity index (χ3v) is 5.89. The molecule has 140 valence electrons. The normalized spacial score (nSPS) is 20.0. The van der Waals surface area contributed by atoms with Crippen LogP contribution in [0.15, 0.2) is 6.20 Å². The molecule has 3 rings (SSSR count). The highest BCUT2D eigenvalue weighted by atomic mass is 16.2. The summed E-state index contributed by atoms with van der Waals surface area (Å²) in [6, 6.07) is 0.567. The zero-order valence-electron chi connectivity index (χ0n) is 16.0. The number of aryl methyl sites for hydroxylation is 1. The summed E-state index contributed by atoms with van der Waals surface area (Å²) in [5.41, 5.74) is 1.26. The molecule has 5 heteroatoms. The van der Waals surface area contributed by atoms with Crippen molar-refractivity contribution in [3.05, 3.63) is 17.7 Å². The Morgan fingerprint density at radius 1 is 1.20 bits per heavy atom. The van der Waals surface area contributed by atoms with Crippen molar-refractivity contribution in [2.45, 2.75) is 84.2 Å². The fourth-order valence-corrected chi connectivity index (χ4v) is 4.31. The van der Waals surface area contributed by atoms with Crippen LogP contribution in [0.3, 0.4) is 0 Å². The number of nitrogens with one attached hydrogen (secondary N) is 1. The molecule has 0 spiro atoms. The lowest BCUT2D eigenvalue weighted by Crippen LogP contribution is -2.48. The highest BCUT2D eigenvalue weighted by Crippen LogP contribution is 2.23. The summed E-state index contributed by atoms with van der Waals surface area (Å²) in [7, 11) is 0. The second-order valence-corrected chi connectivity index (χ2v) is 7.89. The summed E-state index contributed by atoms with van der Waals surface area (Å²) in [6.45, 7) is 7.19. The van der Waals surface area contributed by atoms with Gasteiger partial charge >= 0.3 is 6.03 Å². The van der Waals surface area contributed by atoms with Gasteiger partial charge in [0.05, 0.1) is 0 Å². The van der Waals surface area contributed by atoms with Gasteiger partial charge in [-0.05, 0) is 44.9 Å². The molecule has 1 saturated carbocycles. The zero-order chi connectivity index (χ0) is 17.6. The molecule has 25 heavy (non-hydrogen) atoms. The number of hydrogen-bond acceptors (Lipinski definition) is 2. The first-order chi connectivity index (χ1) is 12.2. The van der Waals surface area contributed by atoms with Crippen molar-refractivity contribution in [2.75, 3.05) is 13.1 Å². The lowest BCUT2D eigenvalue weighted by molar-refractivity contribution is 0.163. The van der Waals surface area contributed by atoms with Gasteiger partial charge in [-0.2, -0.15) is 0 Å². The molecule has 0 bridgehead atoms. The number of imidazole rings is 1. The third-order valence-electron chi connectivity index (χ3n) is 5.89. The van der Waals surface area contributed by atoms with E-state index in [1.54, 1.807) is 0 Å². The van der Waals surface area contributed by atoms with Crippen LogP contribution in [0.1, 0.15) is 69.8 Å². The van der Waals surface area contributed by atoms with Gasteiger partial charge in [-0.25, -0.2) is 9.78 Å². The number of urea groups is 1. The Bertz CT molecular complexity index is 554. The molecule has 5 nitrogen and oxygen atoms in total. The number of aromatic nitrogens is 2. The van der Waals surface area contributed by atoms with Crippen LogP contribution >= 0.6 is 0 Å². The smallest absolute Gasteiger partial charge is 0.317 e. The molecule has 1 aliphatic heterocycles. The Labute approximate surface area is 152 Å². The predicted molar refractivity (Wildman–Crippen MR) is 101 cm³/mol. The maximum Gasteiger partial charge on any atom is 0.317 e. The molecule has 0 radical (unpaired) electrons. The van der Waals surface area contributed by atoms with Crippen LogP contribution in [-0.2, 0) is 13.0 Å². The van der Waals surface area contributed by atoms with Crippen molar-refractivity contribution in [1.82, 2.24) is 19.8 Å². The van der Waals surface area contributed by atoms with Crippen molar-refractivity contribution in [1.29, 1.82) is 0 Å². The Hall–Kier alpha value is -1.52. The van der Waals surface area contributed by atoms with Crippen LogP contribution in [0.25, 0.3) is 0 Å². The van der Waals surface area contributed by atoms with Crippen molar-refractivity contribution in [2.24, 2.45) is 5.92 Å². The largest absolute Gasteiger partial charge is 0.335 e. The third kappa shape index (κ3) is 4.77. The van der Waals surface area contributed by atoms with E-state index in [9.17, 15) is 4.79 Å². The van der Waals surface area contributed by atoms with Crippen LogP contribution in [0.4, 0.5) is 4.79 Å². The standard InChI is InChI=1S/C20H34N4O/c1-3-11-24-16(2)15-21-19(24)14-17-9-12-23(13-10-17)20(25)22-18-7-5-4-6-8-18/h15,17-18H,3-14H2,1-2H3,(H,22,25). The quantitative estimate of drug-likeness (QED) is 0.879. The SMILES string of the molecule is CCCn1c(C)cnc1CC1CCN(C(=O)NC2CCCCC2)CC1. The first-order valence-electron chi connectivity index (χ1n) is 10.2. The van der Waals surface area contributed by atoms with Gasteiger partial charge in [-0.15, -0.1) is 0 Å². The molecule has 0 unspecified atom stereocenters. The highest BCUT2D eigenvalue weighted by Gasteiger charge is 2.26. The average molecular weight is 347 g/mol. The van der Waals surface area contributed by atoms with E-state index in [1.807, 2.05) is 11.1 Å². The monoisotopic (exact) mass is 346 g/mol. The predicted octanol–water partition coefficient (Wildman–Crippen LogP) is 3.90. The first kappa shape index (κ1) is 18.3. The molecule has 2 amide bonds. The zero-order valence-corrected chi connectivity index (χ0v) is 16.0. The number of carbonyl (C=O) groups is 1. The van der Waals surface area contributed by atoms with Crippen LogP contribution in [0.2, 0.25) is 0 Å². The number of amides is 2. The summed E-state index contributed by atoms with van der Waals surface area (Å²) >= 11 is 0. The molecule has 1 aromatic heterocycles. The van der Waals surface area contributed by atoms with Gasteiger partial charge in [0.25, 0.3) is 0 Å². The van der Waals surface area contributed by atoms with Gasteiger partial charge in [-0.1, -0.05) is 26.2 Å². The molecule has 1 aliphatic carbocycles. The second kappa shape index (κ2) is 8.72. The van der Waals surface area contributed by atoms with E-state index in [0.717, 1.165) is 58.2 Å². The Kier molecular flexibility index (Phi) is 6.38. The maximum atomic E-state index is 12.5. The summed E-state index contributed by atoms with van der Waals surface area (Å²) in [4.78, 5) is 19.1. The van der Waals surface area contributed by atoms with E-state index in [0.29, 0.717) is 12.0 Å². The molecule has 2 heterocycles. The van der Waals surface area contributed by atoms with Gasteiger partial charge < -0.3 is 14.8 Å². The fourth-order valence-electron chi connectivity index (χ4n) is 4.31. The number of hydrogen-bond donors (Lipinski definition) is 1. The average Bonchev–Trinajstić information content (AvgIpc) is 2.97. The van der Waals surface area contributed by atoms with E-state index >= 15 is 0 Å². The molecule has 1 N–H and O–H groups in total. The Morgan fingerprint density at radius 2 is 1.92 bits per heavy atom. The van der Waals surface area contributed by atoms with Crippen LogP contribution in [0.5, 0.6) is 0 Å². The van der Waals surface area contributed by atoms with Crippen molar-refractivity contribution in [3.8, 4) is 0 Å². The molecule has 1 saturated heterocycles. The molecular weight excluding hydrogens is 312 g/mol. The summed E-state index contributed by atoms with van der Waals surface area (Å²) in [5, 5.41) is 3.25. The fraction of sp³-hybridized carbons (Fsp3) is 0.800. The molecule has 0 atom stereocenters. The number of likely N-dealkylation sites (tertiary alicyclic amines) is 1. The minimum absolute atomic E-state index is 0.161. The van der Waals surface area contributed by atoms with Gasteiger partial charge in [0, 0.05) is 44.0 Å². The van der Waals surface area contributed by atoms with Crippen LogP contribution in [-0.4, -0.2) is 39.6 Å². The number of carbonyl (C=O) groups excluding carboxylic acids is 1. The number of rotatable bonds is 5. The van der Waals surface area contributed by atoms with Crippen molar-refractivity contribution >= 4 is 6.03 Å². The lowest BCUT2D eigenvalue weighted by atomic mass is 9.93. The van der Waals surface area contributed by atoms with Gasteiger partial charge in [0.2, 0.25) is 0 Å². The van der Waals surface area contributed by atoms with Crippen molar-refractivity contribution < 1.29 is 4.79 Å². The molecule has 1 aromatic rings. The molecular formula is C20H34N4O. The maximum absolute atomic E-state index is 12.5. The lowest BCUT2D eigenvalue weighted by Gasteiger charge is -2.34. The summed E-state index contributed by atoms with van der Waals surface area (Å²) in [6.07, 6.45) is 12.5. The van der Waals surface area contributed by atoms with Crippen molar-refractivity contribution in [3.63, 3.8) is 0 Å². The Balaban J connectivity index is 1.46. The molecule has 0 aromatic carbocycles. The van der Waals surface area contributed by atoms with E-state index in [4.69, 9.17) is 0 Å². The van der Waals surface area contributed by atoms with Crippen LogP contribution < -0.4 is 5.32 Å². The summed E-state index contributed by atoms with van der Waals surface area (Å²) in [5.74, 6) is 1.88. The second-order valence-electron chi connectivity index (χ2n) is 7.89. The van der Waals surface area contributed by atoms with E-state index in [1.165, 1.54) is 30.8 Å². The van der Waals surface area contributed by atoms with Crippen LogP contribution in [0, 0.1) is 12.8 Å². The summed E-state index contributed by atoms with van der Waals surface area (Å²) < 4.78 is 2.36. The van der Waals surface area contributed by atoms with Gasteiger partial charge in [-0.3, -0.25) is 0 Å². The van der Waals surface area contributed by atoms with E-state index in [-0.39, 0.29) is 6.03 Å². The molecule has 2 fully saturated rings. The van der Waals surface area contributed by atoms with E-state index in [2.05, 4.69) is 28.7 Å². The van der Waals surface area contributed by atoms with Gasteiger partial charge in [0.1, 0.15) is 5.82 Å².